The van der Waals surface area contributed by atoms with Crippen molar-refractivity contribution in [2.45, 2.75) is 47.1 Å². The van der Waals surface area contributed by atoms with Gasteiger partial charge in [0.05, 0.1) is 6.54 Å². The number of carbonyl (C=O) groups is 1. The molecule has 0 spiro atoms. The van der Waals surface area contributed by atoms with Crippen molar-refractivity contribution in [2.24, 2.45) is 5.73 Å². The maximum absolute atomic E-state index is 11.7. The number of nitrogens with zero attached hydrogens (tertiary/aromatic N) is 1. The summed E-state index contributed by atoms with van der Waals surface area (Å²) in [7, 11) is 0. The van der Waals surface area contributed by atoms with E-state index in [4.69, 9.17) is 5.73 Å². The fourth-order valence-corrected chi connectivity index (χ4v) is 1.80. The van der Waals surface area contributed by atoms with Crippen molar-refractivity contribution in [3.63, 3.8) is 0 Å². The van der Waals surface area contributed by atoms with Gasteiger partial charge in [-0.05, 0) is 18.9 Å². The van der Waals surface area contributed by atoms with Crippen LogP contribution < -0.4 is 5.73 Å². The summed E-state index contributed by atoms with van der Waals surface area (Å²) >= 11 is 0. The molecule has 0 fully saturated rings. The Kier molecular flexibility index (Phi) is 9.81. The first-order valence-electron chi connectivity index (χ1n) is 7.20. The number of hydrogen-bond acceptors (Lipinski definition) is 2. The highest BCUT2D eigenvalue weighted by Gasteiger charge is 2.11. The summed E-state index contributed by atoms with van der Waals surface area (Å²) in [6.45, 7) is 9.73. The second kappa shape index (κ2) is 10.6. The number of aryl methyl sites for hydroxylation is 1. The molecule has 3 nitrogen and oxygen atoms in total. The van der Waals surface area contributed by atoms with Crippen LogP contribution in [0.4, 0.5) is 0 Å². The minimum absolute atomic E-state index is 0.0277. The molecular weight excluding hydrogens is 236 g/mol. The highest BCUT2D eigenvalue weighted by molar-refractivity contribution is 5.78. The summed E-state index contributed by atoms with van der Waals surface area (Å²) in [5, 5.41) is 0. The number of amides is 1. The summed E-state index contributed by atoms with van der Waals surface area (Å²) in [6, 6.07) is 8.25. The molecule has 0 saturated carbocycles. The predicted molar refractivity (Wildman–Crippen MR) is 81.9 cm³/mol. The molecule has 0 aliphatic heterocycles. The second-order valence-electron chi connectivity index (χ2n) is 4.36. The van der Waals surface area contributed by atoms with Crippen LogP contribution in [0.3, 0.4) is 0 Å². The molecule has 19 heavy (non-hydrogen) atoms. The van der Waals surface area contributed by atoms with Crippen LogP contribution in [0, 0.1) is 6.92 Å². The van der Waals surface area contributed by atoms with Crippen LogP contribution in [0.2, 0.25) is 0 Å². The SMILES string of the molecule is CC.CCCCN(Cc1cccc(C)c1)C(=O)CN. The molecule has 1 aromatic carbocycles. The fraction of sp³-hybridized carbons (Fsp3) is 0.562. The van der Waals surface area contributed by atoms with E-state index >= 15 is 0 Å². The Labute approximate surface area is 117 Å². The predicted octanol–water partition coefficient (Wildman–Crippen LogP) is 3.11. The summed E-state index contributed by atoms with van der Waals surface area (Å²) in [6.07, 6.45) is 2.11. The molecule has 0 aromatic heterocycles. The number of nitrogens with two attached hydrogens (primary N) is 1. The van der Waals surface area contributed by atoms with Crippen LogP contribution in [-0.4, -0.2) is 23.9 Å². The molecule has 1 rings (SSSR count). The van der Waals surface area contributed by atoms with E-state index in [-0.39, 0.29) is 12.5 Å². The van der Waals surface area contributed by atoms with E-state index in [0.29, 0.717) is 6.54 Å². The van der Waals surface area contributed by atoms with Crippen molar-refractivity contribution in [1.29, 1.82) is 0 Å². The quantitative estimate of drug-likeness (QED) is 0.858. The third-order valence-electron chi connectivity index (χ3n) is 2.76. The summed E-state index contributed by atoms with van der Waals surface area (Å²) in [4.78, 5) is 13.6. The minimum Gasteiger partial charge on any atom is -0.337 e. The van der Waals surface area contributed by atoms with Gasteiger partial charge in [-0.25, -0.2) is 0 Å². The Morgan fingerprint density at radius 3 is 2.53 bits per heavy atom. The van der Waals surface area contributed by atoms with Crippen molar-refractivity contribution in [3.05, 3.63) is 35.4 Å². The first-order chi connectivity index (χ1) is 9.17. The van der Waals surface area contributed by atoms with E-state index in [9.17, 15) is 4.79 Å². The molecule has 0 aliphatic carbocycles. The maximum atomic E-state index is 11.7. The monoisotopic (exact) mass is 264 g/mol. The lowest BCUT2D eigenvalue weighted by Crippen LogP contribution is -2.36. The van der Waals surface area contributed by atoms with Crippen LogP contribution in [0.15, 0.2) is 24.3 Å². The lowest BCUT2D eigenvalue weighted by Gasteiger charge is -2.22. The van der Waals surface area contributed by atoms with Crippen LogP contribution in [0.1, 0.15) is 44.7 Å². The average Bonchev–Trinajstić information content (AvgIpc) is 2.44. The topological polar surface area (TPSA) is 46.3 Å². The van der Waals surface area contributed by atoms with Gasteiger partial charge in [0.2, 0.25) is 5.91 Å². The zero-order valence-corrected chi connectivity index (χ0v) is 12.8. The molecule has 0 saturated heterocycles. The normalized spacial score (nSPS) is 9.53. The van der Waals surface area contributed by atoms with E-state index in [1.807, 2.05) is 24.8 Å². The smallest absolute Gasteiger partial charge is 0.236 e. The third kappa shape index (κ3) is 6.97. The van der Waals surface area contributed by atoms with E-state index < -0.39 is 0 Å². The van der Waals surface area contributed by atoms with Gasteiger partial charge in [0.15, 0.2) is 0 Å². The van der Waals surface area contributed by atoms with Crippen molar-refractivity contribution in [2.75, 3.05) is 13.1 Å². The molecule has 0 aliphatic rings. The number of unbranched alkanes of at least 4 members (excludes halogenated alkanes) is 1. The molecule has 0 radical (unpaired) electrons. The van der Waals surface area contributed by atoms with Crippen molar-refractivity contribution in [1.82, 2.24) is 4.90 Å². The number of benzene rings is 1. The van der Waals surface area contributed by atoms with Gasteiger partial charge in [-0.1, -0.05) is 57.0 Å². The van der Waals surface area contributed by atoms with Crippen molar-refractivity contribution >= 4 is 5.91 Å². The Balaban J connectivity index is 0.00000154. The van der Waals surface area contributed by atoms with Gasteiger partial charge >= 0.3 is 0 Å². The zero-order valence-electron chi connectivity index (χ0n) is 12.8. The van der Waals surface area contributed by atoms with Gasteiger partial charge in [-0.2, -0.15) is 0 Å². The molecule has 0 unspecified atom stereocenters. The molecule has 0 atom stereocenters. The van der Waals surface area contributed by atoms with Crippen LogP contribution in [-0.2, 0) is 11.3 Å². The first kappa shape index (κ1) is 17.6. The summed E-state index contributed by atoms with van der Waals surface area (Å²) in [5.41, 5.74) is 7.83. The largest absolute Gasteiger partial charge is 0.337 e. The molecule has 1 aromatic rings. The Morgan fingerprint density at radius 2 is 2.00 bits per heavy atom. The summed E-state index contributed by atoms with van der Waals surface area (Å²) < 4.78 is 0. The van der Waals surface area contributed by atoms with E-state index in [2.05, 4.69) is 32.0 Å². The standard InChI is InChI=1S/C14H22N2O.C2H6/c1-3-4-8-16(14(17)10-15)11-13-7-5-6-12(2)9-13;1-2/h5-7,9H,3-4,8,10-11,15H2,1-2H3;1-2H3. The van der Waals surface area contributed by atoms with E-state index in [1.165, 1.54) is 11.1 Å². The molecule has 0 bridgehead atoms. The summed E-state index contributed by atoms with van der Waals surface area (Å²) in [5.74, 6) is 0.0277. The molecule has 108 valence electrons. The molecule has 1 amide bonds. The lowest BCUT2D eigenvalue weighted by molar-refractivity contribution is -0.130. The van der Waals surface area contributed by atoms with Gasteiger partial charge in [0.1, 0.15) is 0 Å². The van der Waals surface area contributed by atoms with Crippen molar-refractivity contribution in [3.8, 4) is 0 Å². The molecule has 2 N–H and O–H groups in total. The van der Waals surface area contributed by atoms with Gasteiger partial charge < -0.3 is 10.6 Å². The maximum Gasteiger partial charge on any atom is 0.236 e. The van der Waals surface area contributed by atoms with Gasteiger partial charge in [-0.3, -0.25) is 4.79 Å². The Bertz CT molecular complexity index is 364. The van der Waals surface area contributed by atoms with Crippen LogP contribution >= 0.6 is 0 Å². The molecule has 0 heterocycles. The minimum atomic E-state index is 0.0277. The number of carbonyl (C=O) groups excluding carboxylic acids is 1. The van der Waals surface area contributed by atoms with Gasteiger partial charge in [-0.15, -0.1) is 0 Å². The lowest BCUT2D eigenvalue weighted by atomic mass is 10.1. The molecule has 3 heteroatoms. The molecular formula is C16H28N2O. The van der Waals surface area contributed by atoms with Crippen LogP contribution in [0.25, 0.3) is 0 Å². The zero-order chi connectivity index (χ0) is 14.7. The van der Waals surface area contributed by atoms with E-state index in [1.54, 1.807) is 0 Å². The average molecular weight is 264 g/mol. The van der Waals surface area contributed by atoms with E-state index in [0.717, 1.165) is 19.4 Å². The Morgan fingerprint density at radius 1 is 1.32 bits per heavy atom. The Hall–Kier alpha value is -1.35. The second-order valence-corrected chi connectivity index (χ2v) is 4.36. The number of hydrogen-bond donors (Lipinski definition) is 1. The third-order valence-corrected chi connectivity index (χ3v) is 2.76. The van der Waals surface area contributed by atoms with Crippen molar-refractivity contribution < 1.29 is 4.79 Å². The highest BCUT2D eigenvalue weighted by Crippen LogP contribution is 2.08. The highest BCUT2D eigenvalue weighted by atomic mass is 16.2. The number of rotatable bonds is 6. The first-order valence-corrected chi connectivity index (χ1v) is 7.20. The van der Waals surface area contributed by atoms with Gasteiger partial charge in [0, 0.05) is 13.1 Å². The van der Waals surface area contributed by atoms with Gasteiger partial charge in [0.25, 0.3) is 0 Å². The van der Waals surface area contributed by atoms with Crippen LogP contribution in [0.5, 0.6) is 0 Å². The fourth-order valence-electron chi connectivity index (χ4n) is 1.80.